The van der Waals surface area contributed by atoms with Crippen LogP contribution in [0.15, 0.2) is 30.3 Å². The van der Waals surface area contributed by atoms with Gasteiger partial charge in [-0.3, -0.25) is 0 Å². The second-order valence-corrected chi connectivity index (χ2v) is 3.39. The van der Waals surface area contributed by atoms with Gasteiger partial charge in [0.15, 0.2) is 0 Å². The molecule has 0 saturated carbocycles. The van der Waals surface area contributed by atoms with Gasteiger partial charge in [-0.15, -0.1) is 0 Å². The lowest BCUT2D eigenvalue weighted by Gasteiger charge is -1.97. The summed E-state index contributed by atoms with van der Waals surface area (Å²) in [6.07, 6.45) is 0. The van der Waals surface area contributed by atoms with E-state index in [-0.39, 0.29) is 0 Å². The van der Waals surface area contributed by atoms with Gasteiger partial charge in [0.2, 0.25) is 0 Å². The third-order valence-corrected chi connectivity index (χ3v) is 2.21. The number of nitrogens with one attached hydrogen (secondary N) is 1. The van der Waals surface area contributed by atoms with Gasteiger partial charge in [-0.05, 0) is 26.1 Å². The number of para-hydroxylation sites is 1. The van der Waals surface area contributed by atoms with Gasteiger partial charge in [0.25, 0.3) is 0 Å². The van der Waals surface area contributed by atoms with E-state index in [1.165, 1.54) is 0 Å². The Balaban J connectivity index is 2.34. The Bertz CT molecular complexity index is 433. The van der Waals surface area contributed by atoms with Crippen LogP contribution in [0.1, 0.15) is 11.4 Å². The van der Waals surface area contributed by atoms with E-state index in [1.807, 2.05) is 44.3 Å². The second-order valence-electron chi connectivity index (χ2n) is 3.39. The number of hydrogen-bond donors (Lipinski definition) is 1. The van der Waals surface area contributed by atoms with E-state index in [1.54, 1.807) is 4.80 Å². The molecule has 1 heterocycles. The Morgan fingerprint density at radius 3 is 2.60 bits per heavy atom. The highest BCUT2D eigenvalue weighted by atomic mass is 15.5. The van der Waals surface area contributed by atoms with Crippen molar-refractivity contribution >= 4 is 0 Å². The normalized spacial score (nSPS) is 10.5. The fourth-order valence-corrected chi connectivity index (χ4v) is 1.42. The molecule has 4 heteroatoms. The molecule has 4 nitrogen and oxygen atoms in total. The predicted octanol–water partition coefficient (Wildman–Crippen LogP) is 1.30. The minimum absolute atomic E-state index is 0.749. The van der Waals surface area contributed by atoms with E-state index in [9.17, 15) is 0 Å². The summed E-state index contributed by atoms with van der Waals surface area (Å²) in [5, 5.41) is 11.9. The molecular formula is C11H14N4. The van der Waals surface area contributed by atoms with Gasteiger partial charge in [-0.2, -0.15) is 15.0 Å². The Morgan fingerprint density at radius 1 is 1.20 bits per heavy atom. The van der Waals surface area contributed by atoms with Crippen LogP contribution in [0.4, 0.5) is 0 Å². The maximum Gasteiger partial charge on any atom is 0.0998 e. The Morgan fingerprint density at radius 2 is 1.93 bits per heavy atom. The smallest absolute Gasteiger partial charge is 0.0998 e. The second kappa shape index (κ2) is 4.23. The van der Waals surface area contributed by atoms with Crippen LogP contribution in [0.2, 0.25) is 0 Å². The highest BCUT2D eigenvalue weighted by Gasteiger charge is 2.06. The monoisotopic (exact) mass is 202 g/mol. The van der Waals surface area contributed by atoms with Gasteiger partial charge in [-0.1, -0.05) is 18.2 Å². The number of rotatable bonds is 3. The number of aromatic nitrogens is 3. The largest absolute Gasteiger partial charge is 0.314 e. The van der Waals surface area contributed by atoms with Crippen molar-refractivity contribution in [3.63, 3.8) is 0 Å². The van der Waals surface area contributed by atoms with Gasteiger partial charge in [0.1, 0.15) is 0 Å². The highest BCUT2D eigenvalue weighted by Crippen LogP contribution is 2.07. The molecule has 0 saturated heterocycles. The third kappa shape index (κ3) is 2.05. The van der Waals surface area contributed by atoms with Crippen LogP contribution >= 0.6 is 0 Å². The van der Waals surface area contributed by atoms with Crippen molar-refractivity contribution < 1.29 is 0 Å². The van der Waals surface area contributed by atoms with Gasteiger partial charge < -0.3 is 5.32 Å². The molecule has 0 atom stereocenters. The van der Waals surface area contributed by atoms with Crippen LogP contribution in [-0.2, 0) is 6.54 Å². The number of hydrogen-bond acceptors (Lipinski definition) is 3. The van der Waals surface area contributed by atoms with Crippen molar-refractivity contribution in [2.75, 3.05) is 7.05 Å². The maximum absolute atomic E-state index is 4.41. The summed E-state index contributed by atoms with van der Waals surface area (Å²) in [4.78, 5) is 1.67. The maximum atomic E-state index is 4.41. The van der Waals surface area contributed by atoms with Crippen LogP contribution in [0.5, 0.6) is 0 Å². The topological polar surface area (TPSA) is 42.7 Å². The fourth-order valence-electron chi connectivity index (χ4n) is 1.42. The summed E-state index contributed by atoms with van der Waals surface area (Å²) in [6.45, 7) is 2.72. The van der Waals surface area contributed by atoms with Crippen molar-refractivity contribution in [1.82, 2.24) is 20.3 Å². The number of benzene rings is 1. The number of nitrogens with zero attached hydrogens (tertiary/aromatic N) is 3. The zero-order chi connectivity index (χ0) is 10.7. The van der Waals surface area contributed by atoms with Gasteiger partial charge in [-0.25, -0.2) is 0 Å². The molecule has 0 aliphatic rings. The summed E-state index contributed by atoms with van der Waals surface area (Å²) in [6, 6.07) is 9.91. The summed E-state index contributed by atoms with van der Waals surface area (Å²) in [5.74, 6) is 0. The zero-order valence-electron chi connectivity index (χ0n) is 8.94. The zero-order valence-corrected chi connectivity index (χ0v) is 8.94. The first-order chi connectivity index (χ1) is 7.31. The van der Waals surface area contributed by atoms with Crippen LogP contribution in [0.25, 0.3) is 5.69 Å². The standard InChI is InChI=1S/C11H14N4/c1-9-11(8-12-2)14-15(13-9)10-6-4-3-5-7-10/h3-7,12H,8H2,1-2H3. The van der Waals surface area contributed by atoms with E-state index in [2.05, 4.69) is 15.5 Å². The van der Waals surface area contributed by atoms with E-state index < -0.39 is 0 Å². The summed E-state index contributed by atoms with van der Waals surface area (Å²) >= 11 is 0. The lowest BCUT2D eigenvalue weighted by Crippen LogP contribution is -2.07. The van der Waals surface area contributed by atoms with Crippen molar-refractivity contribution in [3.05, 3.63) is 41.7 Å². The first-order valence-electron chi connectivity index (χ1n) is 4.94. The van der Waals surface area contributed by atoms with E-state index in [4.69, 9.17) is 0 Å². The average molecular weight is 202 g/mol. The molecule has 1 aromatic heterocycles. The first-order valence-corrected chi connectivity index (χ1v) is 4.94. The van der Waals surface area contributed by atoms with E-state index in [0.29, 0.717) is 0 Å². The van der Waals surface area contributed by atoms with E-state index >= 15 is 0 Å². The van der Waals surface area contributed by atoms with Crippen molar-refractivity contribution in [2.24, 2.45) is 0 Å². The Kier molecular flexibility index (Phi) is 2.78. The molecule has 2 rings (SSSR count). The molecule has 15 heavy (non-hydrogen) atoms. The summed E-state index contributed by atoms with van der Waals surface area (Å²) in [5.41, 5.74) is 2.94. The first kappa shape index (κ1) is 9.86. The van der Waals surface area contributed by atoms with Gasteiger partial charge in [0.05, 0.1) is 17.1 Å². The Labute approximate surface area is 88.9 Å². The summed E-state index contributed by atoms with van der Waals surface area (Å²) < 4.78 is 0. The van der Waals surface area contributed by atoms with Crippen LogP contribution in [0, 0.1) is 6.92 Å². The molecule has 0 radical (unpaired) electrons. The van der Waals surface area contributed by atoms with Gasteiger partial charge >= 0.3 is 0 Å². The van der Waals surface area contributed by atoms with Crippen molar-refractivity contribution in [3.8, 4) is 5.69 Å². The lowest BCUT2D eigenvalue weighted by atomic mass is 10.3. The number of aryl methyl sites for hydroxylation is 1. The minimum atomic E-state index is 0.749. The SMILES string of the molecule is CNCc1nn(-c2ccccc2)nc1C. The molecule has 0 fully saturated rings. The molecule has 0 aliphatic heterocycles. The highest BCUT2D eigenvalue weighted by molar-refractivity contribution is 5.29. The van der Waals surface area contributed by atoms with E-state index in [0.717, 1.165) is 23.6 Å². The quantitative estimate of drug-likeness (QED) is 0.815. The lowest BCUT2D eigenvalue weighted by molar-refractivity contribution is 0.716. The average Bonchev–Trinajstić information content (AvgIpc) is 2.63. The molecule has 78 valence electrons. The fraction of sp³-hybridized carbons (Fsp3) is 0.273. The van der Waals surface area contributed by atoms with Gasteiger partial charge in [0, 0.05) is 6.54 Å². The van der Waals surface area contributed by atoms with Crippen molar-refractivity contribution in [1.29, 1.82) is 0 Å². The molecule has 2 aromatic rings. The molecule has 0 spiro atoms. The summed E-state index contributed by atoms with van der Waals surface area (Å²) in [7, 11) is 1.90. The molecule has 1 aromatic carbocycles. The predicted molar refractivity (Wildman–Crippen MR) is 58.9 cm³/mol. The van der Waals surface area contributed by atoms with Crippen molar-refractivity contribution in [2.45, 2.75) is 13.5 Å². The van der Waals surface area contributed by atoms with Crippen LogP contribution in [0.3, 0.4) is 0 Å². The molecule has 0 bridgehead atoms. The minimum Gasteiger partial charge on any atom is -0.314 e. The Hall–Kier alpha value is -1.68. The molecule has 0 unspecified atom stereocenters. The van der Waals surface area contributed by atoms with Crippen LogP contribution < -0.4 is 5.32 Å². The molecule has 0 aliphatic carbocycles. The third-order valence-electron chi connectivity index (χ3n) is 2.21. The molecule has 1 N–H and O–H groups in total. The molecule has 0 amide bonds. The van der Waals surface area contributed by atoms with Crippen LogP contribution in [-0.4, -0.2) is 22.0 Å². The molecular weight excluding hydrogens is 188 g/mol.